The number of hydrogen-bond donors (Lipinski definition) is 2. The third kappa shape index (κ3) is 8.46. The summed E-state index contributed by atoms with van der Waals surface area (Å²) in [6.07, 6.45) is 3.59. The summed E-state index contributed by atoms with van der Waals surface area (Å²) in [7, 11) is 0. The molecule has 2 N–H and O–H groups in total. The van der Waals surface area contributed by atoms with Crippen molar-refractivity contribution >= 4 is 23.1 Å². The van der Waals surface area contributed by atoms with Gasteiger partial charge < -0.3 is 15.4 Å². The van der Waals surface area contributed by atoms with E-state index in [9.17, 15) is 13.2 Å². The van der Waals surface area contributed by atoms with Gasteiger partial charge >= 0.3 is 6.18 Å². The van der Waals surface area contributed by atoms with E-state index >= 15 is 0 Å². The Morgan fingerprint density at radius 2 is 1.60 bits per heavy atom. The molecule has 0 aliphatic rings. The predicted molar refractivity (Wildman–Crippen MR) is 135 cm³/mol. The van der Waals surface area contributed by atoms with E-state index in [-0.39, 0.29) is 11.8 Å². The Morgan fingerprint density at radius 3 is 2.31 bits per heavy atom. The number of hydrogen-bond acceptors (Lipinski definition) is 5. The molecular weight excluding hydrogens is 453 g/mol. The summed E-state index contributed by atoms with van der Waals surface area (Å²) < 4.78 is 46.6. The van der Waals surface area contributed by atoms with Crippen molar-refractivity contribution in [2.45, 2.75) is 65.0 Å². The van der Waals surface area contributed by atoms with E-state index in [0.717, 1.165) is 62.5 Å². The molecule has 1 heterocycles. The van der Waals surface area contributed by atoms with Gasteiger partial charge in [-0.25, -0.2) is 4.98 Å². The number of nitrogens with one attached hydrogen (secondary N) is 2. The average molecular weight is 487 g/mol. The number of unbranched alkanes of at least 4 members (excludes halogenated alkanes) is 4. The molecule has 0 bridgehead atoms. The zero-order valence-electron chi connectivity index (χ0n) is 20.3. The minimum absolute atomic E-state index is 0.0659. The van der Waals surface area contributed by atoms with Gasteiger partial charge in [0.05, 0.1) is 6.61 Å². The molecule has 0 atom stereocenters. The van der Waals surface area contributed by atoms with E-state index in [2.05, 4.69) is 34.4 Å². The molecule has 3 aromatic rings. The van der Waals surface area contributed by atoms with Crippen molar-refractivity contribution in [2.75, 3.05) is 17.2 Å². The molecule has 188 valence electrons. The minimum Gasteiger partial charge on any atom is -0.494 e. The van der Waals surface area contributed by atoms with Gasteiger partial charge in [-0.05, 0) is 61.2 Å². The zero-order valence-corrected chi connectivity index (χ0v) is 20.3. The SMILES string of the molecule is CCCCCOc1ccc(Nc2ncc(C(F)(F)F)c(Nc3cccc(CCCCC)c3)n2)cc1. The number of rotatable bonds is 13. The number of aryl methyl sites for hydroxylation is 1. The summed E-state index contributed by atoms with van der Waals surface area (Å²) in [5, 5.41) is 5.82. The molecular formula is C27H33F3N4O. The number of anilines is 4. The lowest BCUT2D eigenvalue weighted by atomic mass is 10.1. The summed E-state index contributed by atoms with van der Waals surface area (Å²) in [6.45, 7) is 4.92. The van der Waals surface area contributed by atoms with E-state index in [0.29, 0.717) is 18.0 Å². The number of aromatic nitrogens is 2. The van der Waals surface area contributed by atoms with Gasteiger partial charge in [-0.3, -0.25) is 0 Å². The van der Waals surface area contributed by atoms with Gasteiger partial charge in [0.1, 0.15) is 17.1 Å². The lowest BCUT2D eigenvalue weighted by Crippen LogP contribution is -2.12. The smallest absolute Gasteiger partial charge is 0.421 e. The Morgan fingerprint density at radius 1 is 0.857 bits per heavy atom. The Balaban J connectivity index is 1.74. The number of benzene rings is 2. The average Bonchev–Trinajstić information content (AvgIpc) is 2.83. The van der Waals surface area contributed by atoms with Gasteiger partial charge in [-0.2, -0.15) is 18.2 Å². The third-order valence-corrected chi connectivity index (χ3v) is 5.48. The summed E-state index contributed by atoms with van der Waals surface area (Å²) in [5.74, 6) is 0.508. The highest BCUT2D eigenvalue weighted by molar-refractivity contribution is 5.63. The van der Waals surface area contributed by atoms with Crippen LogP contribution in [0.5, 0.6) is 5.75 Å². The summed E-state index contributed by atoms with van der Waals surface area (Å²) >= 11 is 0. The fraction of sp³-hybridized carbons (Fsp3) is 0.407. The molecule has 1 aromatic heterocycles. The second kappa shape index (κ2) is 13.0. The highest BCUT2D eigenvalue weighted by atomic mass is 19.4. The van der Waals surface area contributed by atoms with Crippen molar-refractivity contribution in [3.63, 3.8) is 0 Å². The molecule has 0 aliphatic carbocycles. The van der Waals surface area contributed by atoms with Crippen LogP contribution in [-0.4, -0.2) is 16.6 Å². The van der Waals surface area contributed by atoms with Crippen molar-refractivity contribution < 1.29 is 17.9 Å². The standard InChI is InChI=1S/C27H33F3N4O/c1-3-5-7-10-20-11-9-12-22(18-20)32-25-24(27(28,29)30)19-31-26(34-25)33-21-13-15-23(16-14-21)35-17-8-6-4-2/h9,11-16,18-19H,3-8,10,17H2,1-2H3,(H2,31,32,33,34). The summed E-state index contributed by atoms with van der Waals surface area (Å²) in [4.78, 5) is 8.03. The maximum Gasteiger partial charge on any atom is 0.421 e. The number of ether oxygens (including phenoxy) is 1. The van der Waals surface area contributed by atoms with Crippen LogP contribution in [0, 0.1) is 0 Å². The maximum absolute atomic E-state index is 13.6. The van der Waals surface area contributed by atoms with Crippen molar-refractivity contribution in [1.29, 1.82) is 0 Å². The van der Waals surface area contributed by atoms with E-state index in [1.807, 2.05) is 30.3 Å². The Bertz CT molecular complexity index is 1060. The van der Waals surface area contributed by atoms with Crippen LogP contribution in [0.1, 0.15) is 63.5 Å². The molecule has 35 heavy (non-hydrogen) atoms. The molecule has 5 nitrogen and oxygen atoms in total. The highest BCUT2D eigenvalue weighted by Crippen LogP contribution is 2.35. The molecule has 2 aromatic carbocycles. The van der Waals surface area contributed by atoms with E-state index < -0.39 is 11.7 Å². The number of nitrogens with zero attached hydrogens (tertiary/aromatic N) is 2. The quantitative estimate of drug-likeness (QED) is 0.238. The second-order valence-electron chi connectivity index (χ2n) is 8.44. The van der Waals surface area contributed by atoms with Gasteiger partial charge in [-0.1, -0.05) is 51.7 Å². The Labute approximate surface area is 205 Å². The van der Waals surface area contributed by atoms with Crippen LogP contribution in [0.2, 0.25) is 0 Å². The molecule has 0 saturated heterocycles. The topological polar surface area (TPSA) is 59.1 Å². The first-order valence-corrected chi connectivity index (χ1v) is 12.2. The fourth-order valence-corrected chi connectivity index (χ4v) is 3.57. The van der Waals surface area contributed by atoms with Crippen LogP contribution in [-0.2, 0) is 12.6 Å². The second-order valence-corrected chi connectivity index (χ2v) is 8.44. The monoisotopic (exact) mass is 486 g/mol. The van der Waals surface area contributed by atoms with Crippen molar-refractivity contribution in [3.8, 4) is 5.75 Å². The van der Waals surface area contributed by atoms with Gasteiger partial charge in [0.15, 0.2) is 0 Å². The summed E-state index contributed by atoms with van der Waals surface area (Å²) in [6, 6.07) is 14.6. The van der Waals surface area contributed by atoms with Gasteiger partial charge in [-0.15, -0.1) is 0 Å². The minimum atomic E-state index is -4.59. The first-order valence-electron chi connectivity index (χ1n) is 12.2. The normalized spacial score (nSPS) is 11.3. The molecule has 0 spiro atoms. The predicted octanol–water partition coefficient (Wildman–Crippen LogP) is 8.28. The first kappa shape index (κ1) is 26.3. The lowest BCUT2D eigenvalue weighted by Gasteiger charge is -2.15. The van der Waals surface area contributed by atoms with E-state index in [1.165, 1.54) is 0 Å². The van der Waals surface area contributed by atoms with Crippen LogP contribution in [0.3, 0.4) is 0 Å². The Hall–Kier alpha value is -3.29. The van der Waals surface area contributed by atoms with Crippen molar-refractivity contribution in [1.82, 2.24) is 9.97 Å². The highest BCUT2D eigenvalue weighted by Gasteiger charge is 2.35. The third-order valence-electron chi connectivity index (χ3n) is 5.48. The number of halogens is 3. The van der Waals surface area contributed by atoms with Gasteiger partial charge in [0.2, 0.25) is 5.95 Å². The molecule has 0 unspecified atom stereocenters. The molecule has 0 fully saturated rings. The molecule has 0 radical (unpaired) electrons. The van der Waals surface area contributed by atoms with E-state index in [1.54, 1.807) is 18.2 Å². The first-order chi connectivity index (χ1) is 16.9. The lowest BCUT2D eigenvalue weighted by molar-refractivity contribution is -0.137. The maximum atomic E-state index is 13.6. The van der Waals surface area contributed by atoms with Crippen molar-refractivity contribution in [3.05, 3.63) is 65.9 Å². The molecule has 0 aliphatic heterocycles. The molecule has 0 saturated carbocycles. The summed E-state index contributed by atoms with van der Waals surface area (Å²) in [5.41, 5.74) is 1.35. The van der Waals surface area contributed by atoms with Crippen LogP contribution >= 0.6 is 0 Å². The molecule has 0 amide bonds. The van der Waals surface area contributed by atoms with E-state index in [4.69, 9.17) is 4.74 Å². The zero-order chi connectivity index (χ0) is 25.1. The largest absolute Gasteiger partial charge is 0.494 e. The van der Waals surface area contributed by atoms with Crippen LogP contribution in [0.4, 0.5) is 36.3 Å². The van der Waals surface area contributed by atoms with Crippen molar-refractivity contribution in [2.24, 2.45) is 0 Å². The molecule has 8 heteroatoms. The van der Waals surface area contributed by atoms with Crippen LogP contribution < -0.4 is 15.4 Å². The molecule has 3 rings (SSSR count). The van der Waals surface area contributed by atoms with Crippen LogP contribution in [0.25, 0.3) is 0 Å². The van der Waals surface area contributed by atoms with Gasteiger partial charge in [0.25, 0.3) is 0 Å². The number of alkyl halides is 3. The van der Waals surface area contributed by atoms with Crippen LogP contribution in [0.15, 0.2) is 54.7 Å². The van der Waals surface area contributed by atoms with Gasteiger partial charge in [0, 0.05) is 17.6 Å². The Kier molecular flexibility index (Phi) is 9.76. The fourth-order valence-electron chi connectivity index (χ4n) is 3.57.